The molecule has 0 aliphatic carbocycles. The van der Waals surface area contributed by atoms with Crippen LogP contribution in [0.3, 0.4) is 0 Å². The molecule has 1 aliphatic heterocycles. The van der Waals surface area contributed by atoms with Crippen LogP contribution in [0.1, 0.15) is 18.5 Å². The second-order valence-electron chi connectivity index (χ2n) is 5.18. The van der Waals surface area contributed by atoms with E-state index < -0.39 is 0 Å². The SMILES string of the molecule is CC(C(=O)NCCc1ccc2c(c1)OCCO2)n1cccn1. The number of carbonyl (C=O) groups excluding carboxylic acids is 1. The molecule has 0 fully saturated rings. The molecule has 1 amide bonds. The van der Waals surface area contributed by atoms with E-state index in [9.17, 15) is 4.79 Å². The molecule has 3 rings (SSSR count). The molecule has 1 aromatic heterocycles. The lowest BCUT2D eigenvalue weighted by Crippen LogP contribution is -2.32. The van der Waals surface area contributed by atoms with Crippen LogP contribution < -0.4 is 14.8 Å². The first-order valence-corrected chi connectivity index (χ1v) is 7.39. The quantitative estimate of drug-likeness (QED) is 0.910. The molecule has 1 unspecified atom stereocenters. The molecule has 0 saturated carbocycles. The van der Waals surface area contributed by atoms with E-state index in [1.54, 1.807) is 23.1 Å². The predicted octanol–water partition coefficient (Wildman–Crippen LogP) is 1.57. The molecule has 2 aromatic rings. The van der Waals surface area contributed by atoms with Crippen molar-refractivity contribution < 1.29 is 14.3 Å². The largest absolute Gasteiger partial charge is 0.486 e. The summed E-state index contributed by atoms with van der Waals surface area (Å²) >= 11 is 0. The maximum absolute atomic E-state index is 12.0. The number of aromatic nitrogens is 2. The van der Waals surface area contributed by atoms with Crippen molar-refractivity contribution in [3.8, 4) is 11.5 Å². The van der Waals surface area contributed by atoms with Gasteiger partial charge in [-0.15, -0.1) is 0 Å². The average molecular weight is 301 g/mol. The van der Waals surface area contributed by atoms with Gasteiger partial charge in [0.05, 0.1) is 0 Å². The van der Waals surface area contributed by atoms with Gasteiger partial charge in [-0.2, -0.15) is 5.10 Å². The highest BCUT2D eigenvalue weighted by atomic mass is 16.6. The summed E-state index contributed by atoms with van der Waals surface area (Å²) in [7, 11) is 0. The molecule has 0 radical (unpaired) electrons. The fraction of sp³-hybridized carbons (Fsp3) is 0.375. The summed E-state index contributed by atoms with van der Waals surface area (Å²) in [6, 6.07) is 7.38. The van der Waals surface area contributed by atoms with Crippen molar-refractivity contribution in [2.75, 3.05) is 19.8 Å². The zero-order valence-electron chi connectivity index (χ0n) is 12.5. The number of benzene rings is 1. The zero-order chi connectivity index (χ0) is 15.4. The lowest BCUT2D eigenvalue weighted by atomic mass is 10.1. The van der Waals surface area contributed by atoms with Gasteiger partial charge >= 0.3 is 0 Å². The van der Waals surface area contributed by atoms with Gasteiger partial charge in [0.1, 0.15) is 19.3 Å². The molecule has 1 atom stereocenters. The fourth-order valence-corrected chi connectivity index (χ4v) is 2.35. The van der Waals surface area contributed by atoms with Gasteiger partial charge in [0.15, 0.2) is 11.5 Å². The Labute approximate surface area is 129 Å². The van der Waals surface area contributed by atoms with Crippen LogP contribution >= 0.6 is 0 Å². The summed E-state index contributed by atoms with van der Waals surface area (Å²) in [5.41, 5.74) is 1.11. The molecule has 0 saturated heterocycles. The van der Waals surface area contributed by atoms with Gasteiger partial charge in [0.2, 0.25) is 5.91 Å². The summed E-state index contributed by atoms with van der Waals surface area (Å²) < 4.78 is 12.7. The van der Waals surface area contributed by atoms with E-state index in [1.165, 1.54) is 0 Å². The molecule has 22 heavy (non-hydrogen) atoms. The highest BCUT2D eigenvalue weighted by Gasteiger charge is 2.15. The number of rotatable bonds is 5. The molecule has 2 heterocycles. The van der Waals surface area contributed by atoms with Crippen molar-refractivity contribution in [2.24, 2.45) is 0 Å². The number of hydrogen-bond donors (Lipinski definition) is 1. The lowest BCUT2D eigenvalue weighted by molar-refractivity contribution is -0.124. The van der Waals surface area contributed by atoms with Crippen molar-refractivity contribution in [3.63, 3.8) is 0 Å². The Hall–Kier alpha value is -2.50. The van der Waals surface area contributed by atoms with Gasteiger partial charge in [-0.1, -0.05) is 6.07 Å². The Bertz CT molecular complexity index is 640. The summed E-state index contributed by atoms with van der Waals surface area (Å²) in [5, 5.41) is 7.00. The third kappa shape index (κ3) is 3.21. The van der Waals surface area contributed by atoms with Gasteiger partial charge in [-0.05, 0) is 37.1 Å². The van der Waals surface area contributed by atoms with E-state index in [-0.39, 0.29) is 11.9 Å². The molecule has 6 nitrogen and oxygen atoms in total. The van der Waals surface area contributed by atoms with Crippen molar-refractivity contribution in [2.45, 2.75) is 19.4 Å². The molecule has 1 aromatic carbocycles. The number of amides is 1. The van der Waals surface area contributed by atoms with E-state index >= 15 is 0 Å². The number of nitrogens with one attached hydrogen (secondary N) is 1. The lowest BCUT2D eigenvalue weighted by Gasteiger charge is -2.19. The van der Waals surface area contributed by atoms with Gasteiger partial charge in [0, 0.05) is 18.9 Å². The van der Waals surface area contributed by atoms with Crippen molar-refractivity contribution in [3.05, 3.63) is 42.2 Å². The van der Waals surface area contributed by atoms with Crippen LogP contribution in [0.5, 0.6) is 11.5 Å². The van der Waals surface area contributed by atoms with E-state index in [0.29, 0.717) is 19.8 Å². The summed E-state index contributed by atoms with van der Waals surface area (Å²) in [4.78, 5) is 12.0. The average Bonchev–Trinajstić information content (AvgIpc) is 3.08. The van der Waals surface area contributed by atoms with Crippen LogP contribution in [0.2, 0.25) is 0 Å². The predicted molar refractivity (Wildman–Crippen MR) is 81.1 cm³/mol. The standard InChI is InChI=1S/C16H19N3O3/c1-12(19-8-2-6-18-19)16(20)17-7-5-13-3-4-14-15(11-13)22-10-9-21-14/h2-4,6,8,11-12H,5,7,9-10H2,1H3,(H,17,20). The highest BCUT2D eigenvalue weighted by molar-refractivity contribution is 5.79. The van der Waals surface area contributed by atoms with Crippen LogP contribution in [0.4, 0.5) is 0 Å². The molecule has 0 spiro atoms. The van der Waals surface area contributed by atoms with Crippen LogP contribution in [0, 0.1) is 0 Å². The van der Waals surface area contributed by atoms with Crippen LogP contribution in [-0.2, 0) is 11.2 Å². The monoisotopic (exact) mass is 301 g/mol. The second-order valence-corrected chi connectivity index (χ2v) is 5.18. The van der Waals surface area contributed by atoms with Gasteiger partial charge in [-0.25, -0.2) is 0 Å². The maximum Gasteiger partial charge on any atom is 0.244 e. The van der Waals surface area contributed by atoms with E-state index in [1.807, 2.05) is 25.1 Å². The normalized spacial score (nSPS) is 14.4. The number of nitrogens with zero attached hydrogens (tertiary/aromatic N) is 2. The number of ether oxygens (including phenoxy) is 2. The van der Waals surface area contributed by atoms with Crippen LogP contribution in [-0.4, -0.2) is 35.4 Å². The minimum absolute atomic E-state index is 0.0405. The van der Waals surface area contributed by atoms with Crippen molar-refractivity contribution in [1.82, 2.24) is 15.1 Å². The third-order valence-electron chi connectivity index (χ3n) is 3.62. The van der Waals surface area contributed by atoms with Crippen LogP contribution in [0.25, 0.3) is 0 Å². The number of hydrogen-bond acceptors (Lipinski definition) is 4. The molecular weight excluding hydrogens is 282 g/mol. The molecule has 6 heteroatoms. The molecule has 116 valence electrons. The van der Waals surface area contributed by atoms with E-state index in [0.717, 1.165) is 23.5 Å². The van der Waals surface area contributed by atoms with Crippen LogP contribution in [0.15, 0.2) is 36.7 Å². The first-order valence-electron chi connectivity index (χ1n) is 7.39. The minimum atomic E-state index is -0.310. The summed E-state index contributed by atoms with van der Waals surface area (Å²) in [6.07, 6.45) is 4.19. The molecule has 0 bridgehead atoms. The molecule has 1 aliphatic rings. The van der Waals surface area contributed by atoms with Crippen molar-refractivity contribution >= 4 is 5.91 Å². The maximum atomic E-state index is 12.0. The Balaban J connectivity index is 1.51. The Morgan fingerprint density at radius 1 is 1.36 bits per heavy atom. The molecular formula is C16H19N3O3. The topological polar surface area (TPSA) is 65.4 Å². The molecule has 1 N–H and O–H groups in total. The third-order valence-corrected chi connectivity index (χ3v) is 3.62. The Kier molecular flexibility index (Phi) is 4.27. The van der Waals surface area contributed by atoms with E-state index in [2.05, 4.69) is 10.4 Å². The highest BCUT2D eigenvalue weighted by Crippen LogP contribution is 2.30. The minimum Gasteiger partial charge on any atom is -0.486 e. The first-order chi connectivity index (χ1) is 10.7. The number of fused-ring (bicyclic) bond motifs is 1. The Morgan fingerprint density at radius 2 is 2.18 bits per heavy atom. The number of carbonyl (C=O) groups is 1. The van der Waals surface area contributed by atoms with Gasteiger partial charge < -0.3 is 14.8 Å². The van der Waals surface area contributed by atoms with Gasteiger partial charge in [0.25, 0.3) is 0 Å². The first kappa shape index (κ1) is 14.4. The second kappa shape index (κ2) is 6.51. The van der Waals surface area contributed by atoms with Gasteiger partial charge in [-0.3, -0.25) is 9.48 Å². The fourth-order valence-electron chi connectivity index (χ4n) is 2.35. The summed E-state index contributed by atoms with van der Waals surface area (Å²) in [5.74, 6) is 1.52. The Morgan fingerprint density at radius 3 is 2.95 bits per heavy atom. The van der Waals surface area contributed by atoms with E-state index in [4.69, 9.17) is 9.47 Å². The summed E-state index contributed by atoms with van der Waals surface area (Å²) in [6.45, 7) is 3.57. The smallest absolute Gasteiger partial charge is 0.244 e. The van der Waals surface area contributed by atoms with Crippen molar-refractivity contribution in [1.29, 1.82) is 0 Å². The zero-order valence-corrected chi connectivity index (χ0v) is 12.5.